The third-order valence-corrected chi connectivity index (χ3v) is 3.02. The van der Waals surface area contributed by atoms with Crippen molar-refractivity contribution in [2.45, 2.75) is 12.8 Å². The van der Waals surface area contributed by atoms with E-state index in [1.54, 1.807) is 0 Å². The fourth-order valence-corrected chi connectivity index (χ4v) is 2.00. The first-order valence-corrected chi connectivity index (χ1v) is 6.38. The number of carboxylic acids is 1. The molecule has 0 fully saturated rings. The van der Waals surface area contributed by atoms with Crippen LogP contribution in [0.2, 0.25) is 0 Å². The van der Waals surface area contributed by atoms with Crippen LogP contribution in [0.3, 0.4) is 0 Å². The molecule has 0 aliphatic carbocycles. The fraction of sp³-hybridized carbons (Fsp3) is 0.286. The Labute approximate surface area is 119 Å². The van der Waals surface area contributed by atoms with Crippen molar-refractivity contribution in [3.05, 3.63) is 29.7 Å². The number of carboxylic acid groups (broad SMARTS) is 1. The minimum atomic E-state index is -0.915. The molecule has 0 radical (unpaired) electrons. The zero-order valence-corrected chi connectivity index (χ0v) is 11.4. The van der Waals surface area contributed by atoms with Crippen LogP contribution in [0.4, 0.5) is 4.39 Å². The molecule has 0 bridgehead atoms. The monoisotopic (exact) mass is 294 g/mol. The molecular weight excluding hydrogens is 279 g/mol. The summed E-state index contributed by atoms with van der Waals surface area (Å²) in [4.78, 5) is 25.0. The Hall–Kier alpha value is -2.57. The molecule has 0 aliphatic rings. The normalized spacial score (nSPS) is 10.6. The Bertz CT molecular complexity index is 681. The SMILES string of the molecule is COc1ccc(F)c2[nH]c(C(=O)NCCCC(=O)O)cc12. The van der Waals surface area contributed by atoms with E-state index in [9.17, 15) is 14.0 Å². The van der Waals surface area contributed by atoms with Crippen LogP contribution in [-0.2, 0) is 4.79 Å². The molecule has 0 unspecified atom stereocenters. The van der Waals surface area contributed by atoms with Gasteiger partial charge in [-0.15, -0.1) is 0 Å². The van der Waals surface area contributed by atoms with E-state index in [-0.39, 0.29) is 24.2 Å². The van der Waals surface area contributed by atoms with Gasteiger partial charge in [-0.1, -0.05) is 0 Å². The van der Waals surface area contributed by atoms with Crippen molar-refractivity contribution >= 4 is 22.8 Å². The average molecular weight is 294 g/mol. The number of hydrogen-bond acceptors (Lipinski definition) is 3. The summed E-state index contributed by atoms with van der Waals surface area (Å²) < 4.78 is 18.8. The zero-order valence-electron chi connectivity index (χ0n) is 11.4. The summed E-state index contributed by atoms with van der Waals surface area (Å²) in [5.74, 6) is -1.34. The molecule has 0 aliphatic heterocycles. The highest BCUT2D eigenvalue weighted by Crippen LogP contribution is 2.28. The van der Waals surface area contributed by atoms with Gasteiger partial charge in [-0.25, -0.2) is 4.39 Å². The number of aromatic nitrogens is 1. The molecule has 0 saturated carbocycles. The highest BCUT2D eigenvalue weighted by atomic mass is 19.1. The second-order valence-electron chi connectivity index (χ2n) is 4.47. The van der Waals surface area contributed by atoms with Crippen molar-refractivity contribution in [3.63, 3.8) is 0 Å². The number of carbonyl (C=O) groups excluding carboxylic acids is 1. The van der Waals surface area contributed by atoms with E-state index in [0.29, 0.717) is 17.6 Å². The molecule has 7 heteroatoms. The maximum atomic E-state index is 13.7. The molecule has 0 atom stereocenters. The van der Waals surface area contributed by atoms with Crippen molar-refractivity contribution in [1.29, 1.82) is 0 Å². The largest absolute Gasteiger partial charge is 0.496 e. The lowest BCUT2D eigenvalue weighted by molar-refractivity contribution is -0.137. The lowest BCUT2D eigenvalue weighted by Crippen LogP contribution is -2.25. The molecule has 0 spiro atoms. The number of amides is 1. The smallest absolute Gasteiger partial charge is 0.303 e. The van der Waals surface area contributed by atoms with Crippen LogP contribution in [0.5, 0.6) is 5.75 Å². The van der Waals surface area contributed by atoms with Crippen molar-refractivity contribution in [3.8, 4) is 5.75 Å². The molecule has 1 aromatic carbocycles. The van der Waals surface area contributed by atoms with Gasteiger partial charge >= 0.3 is 5.97 Å². The maximum Gasteiger partial charge on any atom is 0.303 e. The number of H-pyrrole nitrogens is 1. The van der Waals surface area contributed by atoms with Gasteiger partial charge < -0.3 is 20.1 Å². The van der Waals surface area contributed by atoms with Crippen LogP contribution >= 0.6 is 0 Å². The van der Waals surface area contributed by atoms with Crippen LogP contribution in [-0.4, -0.2) is 35.6 Å². The quantitative estimate of drug-likeness (QED) is 0.710. The molecule has 1 heterocycles. The molecule has 2 rings (SSSR count). The first kappa shape index (κ1) is 14.8. The van der Waals surface area contributed by atoms with E-state index in [2.05, 4.69) is 10.3 Å². The molecule has 112 valence electrons. The van der Waals surface area contributed by atoms with Crippen LogP contribution < -0.4 is 10.1 Å². The summed E-state index contributed by atoms with van der Waals surface area (Å²) in [7, 11) is 1.46. The Balaban J connectivity index is 2.13. The highest BCUT2D eigenvalue weighted by Gasteiger charge is 2.14. The Kier molecular flexibility index (Phi) is 4.42. The molecule has 6 nitrogen and oxygen atoms in total. The van der Waals surface area contributed by atoms with Crippen molar-refractivity contribution in [2.75, 3.05) is 13.7 Å². The minimum absolute atomic E-state index is 0.0184. The Morgan fingerprint density at radius 1 is 1.43 bits per heavy atom. The summed E-state index contributed by atoms with van der Waals surface area (Å²) in [6, 6.07) is 4.25. The van der Waals surface area contributed by atoms with E-state index in [4.69, 9.17) is 9.84 Å². The summed E-state index contributed by atoms with van der Waals surface area (Å²) in [5.41, 5.74) is 0.397. The van der Waals surface area contributed by atoms with E-state index in [1.165, 1.54) is 25.3 Å². The number of halogens is 1. The summed E-state index contributed by atoms with van der Waals surface area (Å²) in [6.45, 7) is 0.236. The lowest BCUT2D eigenvalue weighted by atomic mass is 10.2. The molecule has 2 aromatic rings. The molecule has 21 heavy (non-hydrogen) atoms. The van der Waals surface area contributed by atoms with Gasteiger partial charge in [-0.2, -0.15) is 0 Å². The van der Waals surface area contributed by atoms with E-state index in [1.807, 2.05) is 0 Å². The van der Waals surface area contributed by atoms with Crippen molar-refractivity contribution < 1.29 is 23.8 Å². The number of nitrogens with one attached hydrogen (secondary N) is 2. The average Bonchev–Trinajstić information content (AvgIpc) is 2.90. The third kappa shape index (κ3) is 3.31. The predicted octanol–water partition coefficient (Wildman–Crippen LogP) is 1.91. The highest BCUT2D eigenvalue weighted by molar-refractivity contribution is 5.99. The van der Waals surface area contributed by atoms with Gasteiger partial charge in [0, 0.05) is 18.4 Å². The fourth-order valence-electron chi connectivity index (χ4n) is 2.00. The van der Waals surface area contributed by atoms with E-state index in [0.717, 1.165) is 0 Å². The maximum absolute atomic E-state index is 13.7. The number of fused-ring (bicyclic) bond motifs is 1. The minimum Gasteiger partial charge on any atom is -0.496 e. The van der Waals surface area contributed by atoms with Crippen molar-refractivity contribution in [2.24, 2.45) is 0 Å². The van der Waals surface area contributed by atoms with E-state index >= 15 is 0 Å². The number of hydrogen-bond donors (Lipinski definition) is 3. The van der Waals surface area contributed by atoms with Gasteiger partial charge in [0.25, 0.3) is 5.91 Å². The topological polar surface area (TPSA) is 91.4 Å². The molecular formula is C14H15FN2O4. The number of benzene rings is 1. The molecule has 1 aromatic heterocycles. The predicted molar refractivity (Wildman–Crippen MR) is 74.0 cm³/mol. The molecule has 3 N–H and O–H groups in total. The standard InChI is InChI=1S/C14H15FN2O4/c1-21-11-5-4-9(15)13-8(11)7-10(17-13)14(20)16-6-2-3-12(18)19/h4-5,7,17H,2-3,6H2,1H3,(H,16,20)(H,18,19). The van der Waals surface area contributed by atoms with Crippen LogP contribution in [0, 0.1) is 5.82 Å². The second-order valence-corrected chi connectivity index (χ2v) is 4.47. The summed E-state index contributed by atoms with van der Waals surface area (Å²) >= 11 is 0. The van der Waals surface area contributed by atoms with Gasteiger partial charge in [0.1, 0.15) is 17.3 Å². The van der Waals surface area contributed by atoms with Crippen LogP contribution in [0.25, 0.3) is 10.9 Å². The number of aromatic amines is 1. The first-order chi connectivity index (χ1) is 10.0. The number of rotatable bonds is 6. The molecule has 1 amide bonds. The van der Waals surface area contributed by atoms with Gasteiger partial charge in [-0.05, 0) is 24.6 Å². The van der Waals surface area contributed by atoms with Crippen LogP contribution in [0.1, 0.15) is 23.3 Å². The van der Waals surface area contributed by atoms with Crippen molar-refractivity contribution in [1.82, 2.24) is 10.3 Å². The Morgan fingerprint density at radius 3 is 2.86 bits per heavy atom. The lowest BCUT2D eigenvalue weighted by Gasteiger charge is -2.01. The zero-order chi connectivity index (χ0) is 15.4. The number of ether oxygens (including phenoxy) is 1. The molecule has 0 saturated heterocycles. The summed E-state index contributed by atoms with van der Waals surface area (Å²) in [6.07, 6.45) is 0.314. The van der Waals surface area contributed by atoms with Gasteiger partial charge in [-0.3, -0.25) is 9.59 Å². The number of carbonyl (C=O) groups is 2. The van der Waals surface area contributed by atoms with Gasteiger partial charge in [0.15, 0.2) is 0 Å². The number of aliphatic carboxylic acids is 1. The second kappa shape index (κ2) is 6.25. The summed E-state index contributed by atoms with van der Waals surface area (Å²) in [5, 5.41) is 11.6. The van der Waals surface area contributed by atoms with E-state index < -0.39 is 17.7 Å². The Morgan fingerprint density at radius 2 is 2.19 bits per heavy atom. The number of methoxy groups -OCH3 is 1. The third-order valence-electron chi connectivity index (χ3n) is 3.02. The van der Waals surface area contributed by atoms with Crippen LogP contribution in [0.15, 0.2) is 18.2 Å². The van der Waals surface area contributed by atoms with Gasteiger partial charge in [0.2, 0.25) is 0 Å². The first-order valence-electron chi connectivity index (χ1n) is 6.38. The van der Waals surface area contributed by atoms with Gasteiger partial charge in [0.05, 0.1) is 12.6 Å².